The van der Waals surface area contributed by atoms with Crippen molar-refractivity contribution in [2.75, 3.05) is 33.0 Å². The van der Waals surface area contributed by atoms with Crippen molar-refractivity contribution in [1.29, 1.82) is 0 Å². The van der Waals surface area contributed by atoms with Gasteiger partial charge in [0, 0.05) is 19.6 Å². The molecule has 0 aromatic carbocycles. The average molecular weight is 686 g/mol. The second-order valence-electron chi connectivity index (χ2n) is 12.4. The largest absolute Gasteiger partial charge is 0.472 e. The second-order valence-corrected chi connectivity index (χ2v) is 13.9. The quantitative estimate of drug-likeness (QED) is 0.0290. The Labute approximate surface area is 288 Å². The van der Waals surface area contributed by atoms with E-state index >= 15 is 0 Å². The number of phosphoric ester groups is 1. The molecule has 0 amide bonds. The molecule has 0 rings (SSSR count). The first kappa shape index (κ1) is 45.7. The van der Waals surface area contributed by atoms with E-state index in [0.29, 0.717) is 13.0 Å². The third kappa shape index (κ3) is 35.8. The minimum absolute atomic E-state index is 0.0966. The molecule has 0 aliphatic heterocycles. The minimum atomic E-state index is -4.27. The van der Waals surface area contributed by atoms with Gasteiger partial charge in [0.25, 0.3) is 0 Å². The summed E-state index contributed by atoms with van der Waals surface area (Å²) in [4.78, 5) is 22.3. The van der Waals surface area contributed by atoms with E-state index < -0.39 is 13.9 Å². The van der Waals surface area contributed by atoms with Crippen LogP contribution in [0.5, 0.6) is 0 Å². The highest BCUT2D eigenvalue weighted by molar-refractivity contribution is 7.47. The number of rotatable bonds is 36. The molecular formula is C38H72NO7P. The van der Waals surface area contributed by atoms with Gasteiger partial charge in [-0.15, -0.1) is 0 Å². The number of hydrogen-bond acceptors (Lipinski definition) is 7. The van der Waals surface area contributed by atoms with Crippen molar-refractivity contribution in [2.45, 2.75) is 168 Å². The van der Waals surface area contributed by atoms with Gasteiger partial charge in [-0.2, -0.15) is 0 Å². The van der Waals surface area contributed by atoms with Crippen LogP contribution in [-0.2, 0) is 27.9 Å². The van der Waals surface area contributed by atoms with Crippen LogP contribution in [0.2, 0.25) is 0 Å². The molecule has 8 nitrogen and oxygen atoms in total. The van der Waals surface area contributed by atoms with Gasteiger partial charge >= 0.3 is 13.8 Å². The van der Waals surface area contributed by atoms with Crippen LogP contribution < -0.4 is 5.73 Å². The first-order valence-corrected chi connectivity index (χ1v) is 20.5. The van der Waals surface area contributed by atoms with Crippen molar-refractivity contribution < 1.29 is 32.8 Å². The highest BCUT2D eigenvalue weighted by Crippen LogP contribution is 2.43. The zero-order valence-electron chi connectivity index (χ0n) is 30.3. The van der Waals surface area contributed by atoms with Crippen LogP contribution in [0.4, 0.5) is 0 Å². The van der Waals surface area contributed by atoms with E-state index in [4.69, 9.17) is 24.3 Å². The number of allylic oxidation sites excluding steroid dienone is 6. The predicted octanol–water partition coefficient (Wildman–Crippen LogP) is 10.7. The summed E-state index contributed by atoms with van der Waals surface area (Å²) in [7, 11) is -4.27. The summed E-state index contributed by atoms with van der Waals surface area (Å²) < 4.78 is 33.3. The highest BCUT2D eigenvalue weighted by Gasteiger charge is 2.25. The fourth-order valence-electron chi connectivity index (χ4n) is 5.07. The van der Waals surface area contributed by atoms with E-state index in [1.807, 2.05) is 0 Å². The molecule has 0 saturated heterocycles. The molecule has 0 aliphatic rings. The fourth-order valence-corrected chi connectivity index (χ4v) is 5.83. The number of ether oxygens (including phenoxy) is 2. The third-order valence-corrected chi connectivity index (χ3v) is 8.81. The van der Waals surface area contributed by atoms with Crippen LogP contribution in [0.25, 0.3) is 0 Å². The molecule has 47 heavy (non-hydrogen) atoms. The summed E-state index contributed by atoms with van der Waals surface area (Å²) in [6.45, 7) is 4.78. The van der Waals surface area contributed by atoms with Crippen molar-refractivity contribution in [3.8, 4) is 0 Å². The lowest BCUT2D eigenvalue weighted by Gasteiger charge is -2.20. The number of hydrogen-bond donors (Lipinski definition) is 2. The van der Waals surface area contributed by atoms with Crippen molar-refractivity contribution in [1.82, 2.24) is 0 Å². The maximum atomic E-state index is 12.5. The van der Waals surface area contributed by atoms with Gasteiger partial charge < -0.3 is 20.1 Å². The molecule has 0 aromatic heterocycles. The normalized spacial score (nSPS) is 14.0. The molecule has 0 spiro atoms. The number of carbonyl (C=O) groups excluding carboxylic acids is 1. The summed E-state index contributed by atoms with van der Waals surface area (Å²) in [5.74, 6) is -0.336. The van der Waals surface area contributed by atoms with Gasteiger partial charge in [-0.3, -0.25) is 13.8 Å². The zero-order valence-corrected chi connectivity index (χ0v) is 31.2. The molecule has 0 heterocycles. The van der Waals surface area contributed by atoms with E-state index in [-0.39, 0.29) is 32.3 Å². The average Bonchev–Trinajstić information content (AvgIpc) is 3.06. The van der Waals surface area contributed by atoms with E-state index in [9.17, 15) is 14.3 Å². The topological polar surface area (TPSA) is 117 Å². The van der Waals surface area contributed by atoms with Gasteiger partial charge in [-0.1, -0.05) is 147 Å². The Morgan fingerprint density at radius 2 is 1.19 bits per heavy atom. The van der Waals surface area contributed by atoms with Crippen LogP contribution in [0, 0.1) is 0 Å². The van der Waals surface area contributed by atoms with Crippen LogP contribution >= 0.6 is 7.82 Å². The molecule has 0 aromatic rings. The Hall–Kier alpha value is -1.28. The smallest absolute Gasteiger partial charge is 0.457 e. The maximum Gasteiger partial charge on any atom is 0.472 e. The Morgan fingerprint density at radius 1 is 0.660 bits per heavy atom. The Balaban J connectivity index is 4.05. The molecule has 9 heteroatoms. The lowest BCUT2D eigenvalue weighted by molar-refractivity contribution is -0.154. The van der Waals surface area contributed by atoms with Crippen molar-refractivity contribution in [3.05, 3.63) is 36.5 Å². The third-order valence-electron chi connectivity index (χ3n) is 7.82. The summed E-state index contributed by atoms with van der Waals surface area (Å²) in [6, 6.07) is 0. The van der Waals surface area contributed by atoms with Crippen LogP contribution in [0.1, 0.15) is 162 Å². The zero-order chi connectivity index (χ0) is 34.5. The molecule has 0 aliphatic carbocycles. The maximum absolute atomic E-state index is 12.5. The van der Waals surface area contributed by atoms with Gasteiger partial charge in [-0.05, 0) is 44.9 Å². The standard InChI is InChI=1S/C38H72NO7P/c1-3-5-7-9-11-13-15-16-17-18-19-20-21-22-24-26-28-30-33-43-35-37(36-45-47(41,42)44-34-32-39)46-38(40)31-29-27-25-23-14-12-10-8-6-4-2/h5,7,11,13,16-17,37H,3-4,6,8-10,12,14-15,18-36,39H2,1-2H3,(H,41,42)/b7-5-,13-11-,17-16-. The first-order valence-electron chi connectivity index (χ1n) is 19.0. The summed E-state index contributed by atoms with van der Waals surface area (Å²) in [6.07, 6.45) is 38.7. The number of nitrogens with two attached hydrogens (primary N) is 1. The molecule has 0 radical (unpaired) electrons. The number of unbranched alkanes of at least 4 members (excludes halogenated alkanes) is 17. The lowest BCUT2D eigenvalue weighted by Crippen LogP contribution is -2.28. The van der Waals surface area contributed by atoms with E-state index in [0.717, 1.165) is 57.8 Å². The second kappa shape index (κ2) is 36.0. The summed E-state index contributed by atoms with van der Waals surface area (Å²) >= 11 is 0. The first-order chi connectivity index (χ1) is 22.9. The van der Waals surface area contributed by atoms with E-state index in [1.54, 1.807) is 0 Å². The van der Waals surface area contributed by atoms with Gasteiger partial charge in [0.1, 0.15) is 6.10 Å². The molecule has 2 unspecified atom stereocenters. The Bertz CT molecular complexity index is 818. The minimum Gasteiger partial charge on any atom is -0.457 e. The molecule has 2 atom stereocenters. The van der Waals surface area contributed by atoms with Gasteiger partial charge in [0.2, 0.25) is 0 Å². The molecule has 0 bridgehead atoms. The van der Waals surface area contributed by atoms with Gasteiger partial charge in [-0.25, -0.2) is 4.57 Å². The molecule has 0 fully saturated rings. The molecule has 0 saturated carbocycles. The number of phosphoric acid groups is 1. The fraction of sp³-hybridized carbons (Fsp3) is 0.816. The van der Waals surface area contributed by atoms with E-state index in [1.165, 1.54) is 83.5 Å². The molecular weight excluding hydrogens is 613 g/mol. The van der Waals surface area contributed by atoms with Crippen molar-refractivity contribution >= 4 is 13.8 Å². The summed E-state index contributed by atoms with van der Waals surface area (Å²) in [5.41, 5.74) is 5.35. The van der Waals surface area contributed by atoms with Crippen molar-refractivity contribution in [2.24, 2.45) is 5.73 Å². The van der Waals surface area contributed by atoms with Gasteiger partial charge in [0.05, 0.1) is 19.8 Å². The van der Waals surface area contributed by atoms with Crippen molar-refractivity contribution in [3.63, 3.8) is 0 Å². The summed E-state index contributed by atoms with van der Waals surface area (Å²) in [5, 5.41) is 0. The van der Waals surface area contributed by atoms with Crippen LogP contribution in [0.15, 0.2) is 36.5 Å². The van der Waals surface area contributed by atoms with Crippen LogP contribution in [-0.4, -0.2) is 49.9 Å². The highest BCUT2D eigenvalue weighted by atomic mass is 31.2. The Morgan fingerprint density at radius 3 is 1.79 bits per heavy atom. The molecule has 276 valence electrons. The van der Waals surface area contributed by atoms with Crippen LogP contribution in [0.3, 0.4) is 0 Å². The SMILES string of the molecule is CC/C=C\C/C=C\C/C=C\CCCCCCCCCCOCC(COP(=O)(O)OCCN)OC(=O)CCCCCCCCCCCC. The predicted molar refractivity (Wildman–Crippen MR) is 196 cm³/mol. The van der Waals surface area contributed by atoms with Gasteiger partial charge in [0.15, 0.2) is 0 Å². The Kier molecular flexibility index (Phi) is 35.0. The number of carbonyl (C=O) groups is 1. The molecule has 3 N–H and O–H groups in total. The monoisotopic (exact) mass is 686 g/mol. The van der Waals surface area contributed by atoms with E-state index in [2.05, 4.69) is 50.3 Å². The number of esters is 1. The lowest BCUT2D eigenvalue weighted by atomic mass is 10.1.